The van der Waals surface area contributed by atoms with E-state index in [1.165, 1.54) is 0 Å². The van der Waals surface area contributed by atoms with Crippen molar-refractivity contribution in [3.63, 3.8) is 0 Å². The predicted octanol–water partition coefficient (Wildman–Crippen LogP) is 7.26. The molecule has 4 nitrogen and oxygen atoms in total. The van der Waals surface area contributed by atoms with Crippen LogP contribution in [0.4, 0.5) is 0 Å². The van der Waals surface area contributed by atoms with Gasteiger partial charge in [-0.05, 0) is 60.9 Å². The van der Waals surface area contributed by atoms with Gasteiger partial charge in [-0.2, -0.15) is 0 Å². The molecule has 33 heavy (non-hydrogen) atoms. The van der Waals surface area contributed by atoms with Crippen molar-refractivity contribution in [3.05, 3.63) is 29.8 Å². The summed E-state index contributed by atoms with van der Waals surface area (Å²) in [6, 6.07) is 7.98. The largest absolute Gasteiger partial charge is 0.497 e. The van der Waals surface area contributed by atoms with E-state index in [0.29, 0.717) is 19.8 Å². The molecule has 0 saturated carbocycles. The van der Waals surface area contributed by atoms with Gasteiger partial charge >= 0.3 is 0 Å². The van der Waals surface area contributed by atoms with E-state index in [4.69, 9.17) is 18.3 Å². The van der Waals surface area contributed by atoms with Crippen LogP contribution in [0.2, 0.25) is 36.3 Å². The lowest BCUT2D eigenvalue weighted by atomic mass is 10.1. The first kappa shape index (κ1) is 29.9. The molecule has 0 aliphatic rings. The summed E-state index contributed by atoms with van der Waals surface area (Å²) in [5, 5.41) is 0.309. The maximum Gasteiger partial charge on any atom is 0.193 e. The average molecular weight is 493 g/mol. The van der Waals surface area contributed by atoms with Crippen LogP contribution in [0.3, 0.4) is 0 Å². The number of hydrogen-bond acceptors (Lipinski definition) is 4. The maximum absolute atomic E-state index is 6.75. The Morgan fingerprint density at radius 1 is 0.879 bits per heavy atom. The highest BCUT2D eigenvalue weighted by Crippen LogP contribution is 2.38. The first-order valence-electron chi connectivity index (χ1n) is 12.0. The zero-order valence-corrected chi connectivity index (χ0v) is 25.2. The molecule has 188 valence electrons. The van der Waals surface area contributed by atoms with Crippen molar-refractivity contribution in [2.45, 2.75) is 97.4 Å². The van der Waals surface area contributed by atoms with Gasteiger partial charge in [0.1, 0.15) is 5.75 Å². The summed E-state index contributed by atoms with van der Waals surface area (Å²) in [5.41, 5.74) is 1.11. The highest BCUT2D eigenvalue weighted by molar-refractivity contribution is 6.74. The molecule has 0 bridgehead atoms. The number of ether oxygens (including phenoxy) is 2. The van der Waals surface area contributed by atoms with Crippen molar-refractivity contribution < 1.29 is 18.3 Å². The van der Waals surface area contributed by atoms with Gasteiger partial charge in [0.05, 0.1) is 33.0 Å². The Kier molecular flexibility index (Phi) is 10.9. The van der Waals surface area contributed by atoms with Crippen molar-refractivity contribution >= 4 is 16.6 Å². The zero-order chi connectivity index (χ0) is 25.5. The maximum atomic E-state index is 6.75. The molecule has 0 amide bonds. The highest BCUT2D eigenvalue weighted by atomic mass is 28.4. The molecule has 1 rings (SSSR count). The molecule has 0 N–H and O–H groups in total. The fraction of sp³-hybridized carbons (Fsp3) is 0.704. The van der Waals surface area contributed by atoms with E-state index < -0.39 is 16.6 Å². The molecule has 0 radical (unpaired) electrons. The first-order valence-corrected chi connectivity index (χ1v) is 17.8. The lowest BCUT2D eigenvalue weighted by Crippen LogP contribution is -2.46. The van der Waals surface area contributed by atoms with Crippen LogP contribution in [0.5, 0.6) is 5.75 Å². The van der Waals surface area contributed by atoms with Gasteiger partial charge in [0.15, 0.2) is 16.6 Å². The van der Waals surface area contributed by atoms with Crippen LogP contribution >= 0.6 is 0 Å². The summed E-state index contributed by atoms with van der Waals surface area (Å²) in [4.78, 5) is 0. The first-order chi connectivity index (χ1) is 15.0. The molecule has 1 aromatic rings. The molecular formula is C27H48O4Si2. The Hall–Kier alpha value is -1.11. The van der Waals surface area contributed by atoms with Crippen LogP contribution in [0.1, 0.15) is 54.0 Å². The smallest absolute Gasteiger partial charge is 0.193 e. The fourth-order valence-corrected chi connectivity index (χ4v) is 4.83. The minimum absolute atomic E-state index is 0.0537. The van der Waals surface area contributed by atoms with Crippen LogP contribution < -0.4 is 4.74 Å². The summed E-state index contributed by atoms with van der Waals surface area (Å²) in [6.07, 6.45) is -0.0792. The van der Waals surface area contributed by atoms with Gasteiger partial charge < -0.3 is 18.3 Å². The summed E-state index contributed by atoms with van der Waals surface area (Å²) in [5.74, 6) is 7.56. The van der Waals surface area contributed by atoms with Crippen molar-refractivity contribution in [1.29, 1.82) is 0 Å². The van der Waals surface area contributed by atoms with E-state index in [0.717, 1.165) is 11.3 Å². The summed E-state index contributed by atoms with van der Waals surface area (Å²) >= 11 is 0. The van der Waals surface area contributed by atoms with E-state index >= 15 is 0 Å². The third-order valence-corrected chi connectivity index (χ3v) is 16.1. The second-order valence-electron chi connectivity index (χ2n) is 11.9. The van der Waals surface area contributed by atoms with E-state index in [9.17, 15) is 0 Å². The van der Waals surface area contributed by atoms with Gasteiger partial charge in [0.2, 0.25) is 0 Å². The van der Waals surface area contributed by atoms with Crippen LogP contribution in [0.25, 0.3) is 0 Å². The van der Waals surface area contributed by atoms with Gasteiger partial charge in [-0.3, -0.25) is 0 Å². The number of benzene rings is 1. The van der Waals surface area contributed by atoms with Crippen LogP contribution in [-0.4, -0.2) is 43.1 Å². The Morgan fingerprint density at radius 2 is 1.42 bits per heavy atom. The molecule has 0 fully saturated rings. The Bertz CT molecular complexity index is 778. The van der Waals surface area contributed by atoms with Gasteiger partial charge in [-0.1, -0.05) is 65.5 Å². The zero-order valence-electron chi connectivity index (χ0n) is 23.2. The van der Waals surface area contributed by atoms with Crippen LogP contribution in [-0.2, 0) is 20.2 Å². The Balaban J connectivity index is 2.84. The summed E-state index contributed by atoms with van der Waals surface area (Å²) < 4.78 is 24.3. The number of methoxy groups -OCH3 is 1. The van der Waals surface area contributed by atoms with E-state index in [1.54, 1.807) is 7.11 Å². The standard InChI is InChI=1S/C27H48O4Si2/c1-22(14-13-19-30-32(9,10)26(2,3)4)25(31-33(11,12)27(5,6)7)21-29-20-23-15-17-24(28-8)18-16-23/h15-18,22,25H,19-21H2,1-12H3/t22-,25-/m0/s1. The minimum Gasteiger partial charge on any atom is -0.497 e. The monoisotopic (exact) mass is 492 g/mol. The normalized spacial score (nSPS) is 14.9. The van der Waals surface area contributed by atoms with Crippen LogP contribution in [0, 0.1) is 17.8 Å². The third kappa shape index (κ3) is 9.58. The van der Waals surface area contributed by atoms with Crippen molar-refractivity contribution in [2.24, 2.45) is 5.92 Å². The third-order valence-electron chi connectivity index (χ3n) is 7.16. The molecule has 0 spiro atoms. The molecule has 0 aromatic heterocycles. The Labute approximate surface area is 206 Å². The van der Waals surface area contributed by atoms with E-state index in [1.807, 2.05) is 24.3 Å². The molecule has 6 heteroatoms. The summed E-state index contributed by atoms with van der Waals surface area (Å²) in [7, 11) is -2.08. The average Bonchev–Trinajstić information content (AvgIpc) is 2.69. The number of hydrogen-bond donors (Lipinski definition) is 0. The number of rotatable bonds is 10. The molecule has 0 heterocycles. The van der Waals surface area contributed by atoms with E-state index in [-0.39, 0.29) is 22.1 Å². The van der Waals surface area contributed by atoms with Crippen molar-refractivity contribution in [3.8, 4) is 17.6 Å². The van der Waals surface area contributed by atoms with Gasteiger partial charge in [-0.25, -0.2) is 0 Å². The molecule has 1 aromatic carbocycles. The fourth-order valence-electron chi connectivity index (χ4n) is 2.58. The quantitative estimate of drug-likeness (QED) is 0.254. The van der Waals surface area contributed by atoms with Gasteiger partial charge in [0.25, 0.3) is 0 Å². The van der Waals surface area contributed by atoms with Gasteiger partial charge in [0, 0.05) is 5.92 Å². The second-order valence-corrected chi connectivity index (χ2v) is 21.5. The van der Waals surface area contributed by atoms with E-state index in [2.05, 4.69) is 86.5 Å². The molecule has 0 aliphatic carbocycles. The summed E-state index contributed by atoms with van der Waals surface area (Å²) in [6.45, 7) is 26.3. The molecule has 0 unspecified atom stereocenters. The highest BCUT2D eigenvalue weighted by Gasteiger charge is 2.40. The Morgan fingerprint density at radius 3 is 1.91 bits per heavy atom. The van der Waals surface area contributed by atoms with Crippen molar-refractivity contribution in [1.82, 2.24) is 0 Å². The SMILES string of the molecule is COc1ccc(COC[C@H](O[Si](C)(C)C(C)(C)C)[C@@H](C)C#CCO[Si](C)(C)C(C)(C)C)cc1. The van der Waals surface area contributed by atoms with Crippen LogP contribution in [0.15, 0.2) is 24.3 Å². The lowest BCUT2D eigenvalue weighted by Gasteiger charge is -2.40. The topological polar surface area (TPSA) is 36.9 Å². The predicted molar refractivity (Wildman–Crippen MR) is 145 cm³/mol. The van der Waals surface area contributed by atoms with Crippen molar-refractivity contribution in [2.75, 3.05) is 20.3 Å². The molecule has 2 atom stereocenters. The second kappa shape index (κ2) is 12.0. The molecule has 0 aliphatic heterocycles. The molecule has 0 saturated heterocycles. The lowest BCUT2D eigenvalue weighted by molar-refractivity contribution is 0.0199. The molecular weight excluding hydrogens is 444 g/mol. The van der Waals surface area contributed by atoms with Gasteiger partial charge in [-0.15, -0.1) is 0 Å². The minimum atomic E-state index is -1.96.